The number of aliphatic hydroxyl groups is 1. The number of pyridine rings is 1. The number of carbonyl (C=O) groups excluding carboxylic acids is 1. The largest absolute Gasteiger partial charge is 0.394 e. The minimum atomic E-state index is -0.298. The van der Waals surface area contributed by atoms with Crippen molar-refractivity contribution in [1.82, 2.24) is 24.5 Å². The fourth-order valence-electron chi connectivity index (χ4n) is 2.39. The Morgan fingerprint density at radius 2 is 2.26 bits per heavy atom. The van der Waals surface area contributed by atoms with E-state index in [1.807, 2.05) is 0 Å². The Morgan fingerprint density at radius 3 is 3.04 bits per heavy atom. The zero-order valence-electron chi connectivity index (χ0n) is 12.6. The lowest BCUT2D eigenvalue weighted by Crippen LogP contribution is -2.36. The molecule has 120 valence electrons. The molecule has 0 aromatic carbocycles. The molecule has 0 aliphatic rings. The van der Waals surface area contributed by atoms with E-state index in [0.717, 1.165) is 0 Å². The van der Waals surface area contributed by atoms with Crippen LogP contribution in [0.3, 0.4) is 0 Å². The number of amides is 1. The first-order valence-electron chi connectivity index (χ1n) is 7.32. The van der Waals surface area contributed by atoms with Gasteiger partial charge in [-0.25, -0.2) is 9.50 Å². The predicted molar refractivity (Wildman–Crippen MR) is 84.1 cm³/mol. The smallest absolute Gasteiger partial charge is 0.261 e. The summed E-state index contributed by atoms with van der Waals surface area (Å²) in [6.07, 6.45) is 4.96. The summed E-state index contributed by atoms with van der Waals surface area (Å²) >= 11 is 0. The zero-order valence-corrected chi connectivity index (χ0v) is 12.6. The molecule has 3 aromatic heterocycles. The molecule has 0 fully saturated rings. The van der Waals surface area contributed by atoms with Gasteiger partial charge in [-0.3, -0.25) is 9.59 Å². The van der Waals surface area contributed by atoms with Crippen LogP contribution < -0.4 is 10.9 Å². The Bertz CT molecular complexity index is 914. The number of aryl methyl sites for hydroxylation is 1. The average Bonchev–Trinajstić information content (AvgIpc) is 3.03. The second kappa shape index (κ2) is 6.17. The summed E-state index contributed by atoms with van der Waals surface area (Å²) in [5, 5.41) is 16.2. The summed E-state index contributed by atoms with van der Waals surface area (Å²) in [6, 6.07) is 3.25. The van der Waals surface area contributed by atoms with Gasteiger partial charge < -0.3 is 15.0 Å². The van der Waals surface area contributed by atoms with Gasteiger partial charge in [0.15, 0.2) is 5.65 Å². The molecule has 2 N–H and O–H groups in total. The van der Waals surface area contributed by atoms with Crippen LogP contribution in [-0.2, 0) is 11.3 Å². The second-order valence-corrected chi connectivity index (χ2v) is 5.37. The van der Waals surface area contributed by atoms with E-state index >= 15 is 0 Å². The molecular weight excluding hydrogens is 298 g/mol. The molecule has 0 aliphatic carbocycles. The van der Waals surface area contributed by atoms with E-state index in [1.54, 1.807) is 36.0 Å². The number of nitrogens with zero attached hydrogens (tertiary/aromatic N) is 4. The Morgan fingerprint density at radius 1 is 1.43 bits per heavy atom. The second-order valence-electron chi connectivity index (χ2n) is 5.37. The highest BCUT2D eigenvalue weighted by Crippen LogP contribution is 2.10. The number of nitrogens with one attached hydrogen (secondary N) is 1. The molecule has 8 nitrogen and oxygen atoms in total. The van der Waals surface area contributed by atoms with Crippen LogP contribution in [0.4, 0.5) is 0 Å². The van der Waals surface area contributed by atoms with Gasteiger partial charge in [0.05, 0.1) is 23.7 Å². The lowest BCUT2D eigenvalue weighted by molar-refractivity contribution is -0.122. The normalized spacial score (nSPS) is 12.6. The molecule has 3 rings (SSSR count). The standard InChI is InChI=1S/C15H17N5O3/c1-10(9-21)18-14(22)4-7-19-6-3-12-11(15(19)23)8-16-13-2-5-17-20(12)13/h2-3,5-6,8,10,21H,4,7,9H2,1H3,(H,18,22). The number of hydrogen-bond acceptors (Lipinski definition) is 5. The van der Waals surface area contributed by atoms with Crippen LogP contribution in [0, 0.1) is 0 Å². The molecule has 0 saturated carbocycles. The fourth-order valence-corrected chi connectivity index (χ4v) is 2.39. The van der Waals surface area contributed by atoms with Crippen LogP contribution in [-0.4, -0.2) is 42.8 Å². The van der Waals surface area contributed by atoms with Gasteiger partial charge in [-0.15, -0.1) is 0 Å². The van der Waals surface area contributed by atoms with Gasteiger partial charge in [0.2, 0.25) is 5.91 Å². The van der Waals surface area contributed by atoms with Crippen LogP contribution >= 0.6 is 0 Å². The molecule has 0 radical (unpaired) electrons. The van der Waals surface area contributed by atoms with Crippen molar-refractivity contribution >= 4 is 22.5 Å². The van der Waals surface area contributed by atoms with E-state index < -0.39 is 0 Å². The van der Waals surface area contributed by atoms with Crippen molar-refractivity contribution in [2.75, 3.05) is 6.61 Å². The quantitative estimate of drug-likeness (QED) is 0.686. The Kier molecular flexibility index (Phi) is 4.07. The lowest BCUT2D eigenvalue weighted by atomic mass is 10.3. The SMILES string of the molecule is CC(CO)NC(=O)CCn1ccc2c(cnc3ccnn32)c1=O. The number of aromatic nitrogens is 4. The molecule has 0 bridgehead atoms. The number of carbonyl (C=O) groups is 1. The molecule has 1 atom stereocenters. The van der Waals surface area contributed by atoms with Crippen molar-refractivity contribution in [3.05, 3.63) is 41.1 Å². The Hall–Kier alpha value is -2.74. The van der Waals surface area contributed by atoms with E-state index in [2.05, 4.69) is 15.4 Å². The summed E-state index contributed by atoms with van der Waals surface area (Å²) in [6.45, 7) is 1.85. The van der Waals surface area contributed by atoms with Gasteiger partial charge in [-0.2, -0.15) is 5.10 Å². The zero-order chi connectivity index (χ0) is 16.4. The van der Waals surface area contributed by atoms with E-state index in [4.69, 9.17) is 5.11 Å². The number of hydrogen-bond donors (Lipinski definition) is 2. The summed E-state index contributed by atoms with van der Waals surface area (Å²) < 4.78 is 3.08. The van der Waals surface area contributed by atoms with Crippen molar-refractivity contribution in [3.8, 4) is 0 Å². The van der Waals surface area contributed by atoms with E-state index in [9.17, 15) is 9.59 Å². The van der Waals surface area contributed by atoms with E-state index in [0.29, 0.717) is 16.6 Å². The van der Waals surface area contributed by atoms with Gasteiger partial charge in [-0.1, -0.05) is 0 Å². The van der Waals surface area contributed by atoms with Crippen molar-refractivity contribution in [2.24, 2.45) is 0 Å². The first-order valence-corrected chi connectivity index (χ1v) is 7.32. The van der Waals surface area contributed by atoms with Crippen molar-refractivity contribution in [3.63, 3.8) is 0 Å². The molecule has 0 aliphatic heterocycles. The average molecular weight is 315 g/mol. The summed E-state index contributed by atoms with van der Waals surface area (Å²) in [7, 11) is 0. The van der Waals surface area contributed by atoms with Crippen molar-refractivity contribution in [1.29, 1.82) is 0 Å². The van der Waals surface area contributed by atoms with E-state index in [-0.39, 0.29) is 37.1 Å². The van der Waals surface area contributed by atoms with Crippen LogP contribution in [0.5, 0.6) is 0 Å². The topological polar surface area (TPSA) is 102 Å². The maximum atomic E-state index is 12.5. The molecule has 3 aromatic rings. The maximum absolute atomic E-state index is 12.5. The van der Waals surface area contributed by atoms with E-state index in [1.165, 1.54) is 10.8 Å². The molecule has 1 amide bonds. The van der Waals surface area contributed by atoms with Gasteiger partial charge >= 0.3 is 0 Å². The van der Waals surface area contributed by atoms with Gasteiger partial charge in [0.25, 0.3) is 5.56 Å². The molecule has 0 saturated heterocycles. The molecular formula is C15H17N5O3. The Balaban J connectivity index is 1.85. The minimum absolute atomic E-state index is 0.118. The molecule has 3 heterocycles. The Labute approximate surface area is 131 Å². The highest BCUT2D eigenvalue weighted by Gasteiger charge is 2.10. The van der Waals surface area contributed by atoms with Crippen LogP contribution in [0.1, 0.15) is 13.3 Å². The number of aliphatic hydroxyl groups excluding tert-OH is 1. The third-order valence-electron chi connectivity index (χ3n) is 3.62. The highest BCUT2D eigenvalue weighted by atomic mass is 16.3. The van der Waals surface area contributed by atoms with Gasteiger partial charge in [-0.05, 0) is 13.0 Å². The monoisotopic (exact) mass is 315 g/mol. The maximum Gasteiger partial charge on any atom is 0.261 e. The van der Waals surface area contributed by atoms with Gasteiger partial charge in [0, 0.05) is 37.5 Å². The van der Waals surface area contributed by atoms with Crippen molar-refractivity contribution in [2.45, 2.75) is 25.9 Å². The third kappa shape index (κ3) is 2.93. The number of rotatable bonds is 5. The first kappa shape index (κ1) is 15.2. The third-order valence-corrected chi connectivity index (χ3v) is 3.62. The van der Waals surface area contributed by atoms with Crippen LogP contribution in [0.25, 0.3) is 16.6 Å². The van der Waals surface area contributed by atoms with Crippen molar-refractivity contribution < 1.29 is 9.90 Å². The molecule has 1 unspecified atom stereocenters. The predicted octanol–water partition coefficient (Wildman–Crippen LogP) is -0.0687. The summed E-state index contributed by atoms with van der Waals surface area (Å²) in [4.78, 5) is 28.4. The number of fused-ring (bicyclic) bond motifs is 3. The minimum Gasteiger partial charge on any atom is -0.394 e. The lowest BCUT2D eigenvalue weighted by Gasteiger charge is -2.11. The summed E-state index contributed by atoms with van der Waals surface area (Å²) in [5.41, 5.74) is 1.14. The first-order chi connectivity index (χ1) is 11.1. The molecule has 8 heteroatoms. The van der Waals surface area contributed by atoms with Crippen LogP contribution in [0.2, 0.25) is 0 Å². The molecule has 23 heavy (non-hydrogen) atoms. The highest BCUT2D eigenvalue weighted by molar-refractivity contribution is 5.79. The molecule has 0 spiro atoms. The fraction of sp³-hybridized carbons (Fsp3) is 0.333. The van der Waals surface area contributed by atoms with Crippen LogP contribution in [0.15, 0.2) is 35.5 Å². The summed E-state index contributed by atoms with van der Waals surface area (Å²) in [5.74, 6) is -0.209. The van der Waals surface area contributed by atoms with Gasteiger partial charge in [0.1, 0.15) is 0 Å².